The van der Waals surface area contributed by atoms with Crippen LogP contribution in [0.25, 0.3) is 0 Å². The summed E-state index contributed by atoms with van der Waals surface area (Å²) in [5.74, 6) is 0.833. The number of rotatable bonds is 1. The Hall–Kier alpha value is -0.0400. The van der Waals surface area contributed by atoms with Crippen molar-refractivity contribution in [2.75, 3.05) is 13.7 Å². The molecular formula is C10H26O. The maximum absolute atomic E-state index is 4.54. The maximum Gasteiger partial charge on any atom is 0.0433 e. The van der Waals surface area contributed by atoms with Gasteiger partial charge in [-0.05, 0) is 12.8 Å². The van der Waals surface area contributed by atoms with Gasteiger partial charge in [-0.15, -0.1) is 0 Å². The summed E-state index contributed by atoms with van der Waals surface area (Å²) in [6, 6.07) is 0. The second kappa shape index (κ2) is 22.5. The lowest BCUT2D eigenvalue weighted by molar-refractivity contribution is 0.215. The van der Waals surface area contributed by atoms with Crippen LogP contribution in [-0.2, 0) is 4.74 Å². The van der Waals surface area contributed by atoms with E-state index in [9.17, 15) is 0 Å². The van der Waals surface area contributed by atoms with Gasteiger partial charge in [-0.25, -0.2) is 0 Å². The van der Waals surface area contributed by atoms with Gasteiger partial charge in [0.05, 0.1) is 0 Å². The summed E-state index contributed by atoms with van der Waals surface area (Å²) >= 11 is 0. The van der Waals surface area contributed by atoms with Crippen molar-refractivity contribution in [2.45, 2.75) is 48.0 Å². The van der Waals surface area contributed by atoms with Crippen LogP contribution in [0, 0.1) is 5.92 Å². The van der Waals surface area contributed by atoms with E-state index in [4.69, 9.17) is 0 Å². The van der Waals surface area contributed by atoms with Crippen molar-refractivity contribution >= 4 is 0 Å². The first kappa shape index (κ1) is 17.2. The third-order valence-corrected chi connectivity index (χ3v) is 0.289. The molecule has 0 saturated heterocycles. The van der Waals surface area contributed by atoms with E-state index in [1.54, 1.807) is 7.11 Å². The Kier molecular flexibility index (Phi) is 35.1. The lowest BCUT2D eigenvalue weighted by Crippen LogP contribution is -1.73. The van der Waals surface area contributed by atoms with Gasteiger partial charge in [0.2, 0.25) is 0 Å². The molecule has 0 aromatic carbocycles. The van der Waals surface area contributed by atoms with Crippen molar-refractivity contribution in [2.24, 2.45) is 5.92 Å². The number of hydrogen-bond acceptors (Lipinski definition) is 1. The molecule has 0 bridgehead atoms. The van der Waals surface area contributed by atoms with E-state index in [-0.39, 0.29) is 0 Å². The lowest BCUT2D eigenvalue weighted by Gasteiger charge is -1.79. The zero-order chi connectivity index (χ0) is 9.70. The van der Waals surface area contributed by atoms with Crippen LogP contribution in [0.3, 0.4) is 0 Å². The third kappa shape index (κ3) is 685. The summed E-state index contributed by atoms with van der Waals surface area (Å²) in [7, 11) is 1.68. The van der Waals surface area contributed by atoms with Gasteiger partial charge in [0.15, 0.2) is 0 Å². The molecular weight excluding hydrogens is 136 g/mol. The normalized spacial score (nSPS) is 7.64. The molecule has 0 aliphatic heterocycles. The highest BCUT2D eigenvalue weighted by atomic mass is 16.5. The van der Waals surface area contributed by atoms with Crippen molar-refractivity contribution in [3.05, 3.63) is 0 Å². The smallest absolute Gasteiger partial charge is 0.0433 e. The predicted octanol–water partition coefficient (Wildman–Crippen LogP) is 3.73. The van der Waals surface area contributed by atoms with Gasteiger partial charge in [-0.2, -0.15) is 0 Å². The highest BCUT2D eigenvalue weighted by molar-refractivity contribution is 4.20. The first-order valence-electron chi connectivity index (χ1n) is 4.55. The molecule has 0 amide bonds. The Morgan fingerprint density at radius 1 is 1.00 bits per heavy atom. The highest BCUT2D eigenvalue weighted by Crippen LogP contribution is 1.81. The van der Waals surface area contributed by atoms with Crippen LogP contribution in [0.15, 0.2) is 0 Å². The monoisotopic (exact) mass is 162 g/mol. The molecule has 0 N–H and O–H groups in total. The fourth-order valence-electron chi connectivity index (χ4n) is 0. The topological polar surface area (TPSA) is 9.23 Å². The number of methoxy groups -OCH3 is 1. The van der Waals surface area contributed by atoms with Gasteiger partial charge in [-0.1, -0.05) is 41.0 Å². The molecule has 0 heterocycles. The van der Waals surface area contributed by atoms with Crippen LogP contribution < -0.4 is 0 Å². The minimum absolute atomic E-state index is 0.819. The summed E-state index contributed by atoms with van der Waals surface area (Å²) in [5, 5.41) is 0. The molecule has 0 saturated carbocycles. The van der Waals surface area contributed by atoms with E-state index in [0.29, 0.717) is 0 Å². The van der Waals surface area contributed by atoms with Crippen LogP contribution in [0.4, 0.5) is 0 Å². The number of hydrogen-bond donors (Lipinski definition) is 0. The molecule has 72 valence electrons. The molecule has 0 fully saturated rings. The van der Waals surface area contributed by atoms with Crippen molar-refractivity contribution in [1.29, 1.82) is 0 Å². The van der Waals surface area contributed by atoms with Crippen LogP contribution >= 0.6 is 0 Å². The molecule has 0 aliphatic rings. The van der Waals surface area contributed by atoms with Crippen LogP contribution in [-0.4, -0.2) is 13.7 Å². The molecule has 0 radical (unpaired) electrons. The van der Waals surface area contributed by atoms with E-state index >= 15 is 0 Å². The molecule has 1 heteroatoms. The van der Waals surface area contributed by atoms with Crippen molar-refractivity contribution in [1.82, 2.24) is 0 Å². The Balaban J connectivity index is -0.0000000886. The van der Waals surface area contributed by atoms with Gasteiger partial charge in [0, 0.05) is 13.7 Å². The zero-order valence-electron chi connectivity index (χ0n) is 9.40. The molecule has 11 heavy (non-hydrogen) atoms. The molecule has 1 nitrogen and oxygen atoms in total. The average Bonchev–Trinajstić information content (AvgIpc) is 1.88. The summed E-state index contributed by atoms with van der Waals surface area (Å²) < 4.78 is 4.54. The highest BCUT2D eigenvalue weighted by Gasteiger charge is 1.68. The van der Waals surface area contributed by atoms with E-state index < -0.39 is 0 Å². The van der Waals surface area contributed by atoms with Gasteiger partial charge >= 0.3 is 0 Å². The lowest BCUT2D eigenvalue weighted by atomic mass is 10.3. The van der Waals surface area contributed by atoms with Crippen LogP contribution in [0.5, 0.6) is 0 Å². The molecule has 0 aromatic heterocycles. The van der Waals surface area contributed by atoms with E-state index in [1.165, 1.54) is 6.42 Å². The van der Waals surface area contributed by atoms with E-state index in [2.05, 4.69) is 39.4 Å². The van der Waals surface area contributed by atoms with Crippen molar-refractivity contribution in [3.63, 3.8) is 0 Å². The van der Waals surface area contributed by atoms with Crippen LogP contribution in [0.2, 0.25) is 0 Å². The molecule has 0 aromatic rings. The minimum Gasteiger partial charge on any atom is -0.385 e. The third-order valence-electron chi connectivity index (χ3n) is 0.289. The zero-order valence-corrected chi connectivity index (χ0v) is 9.40. The molecule has 0 spiro atoms. The summed E-state index contributed by atoms with van der Waals surface area (Å²) in [6.45, 7) is 13.5. The summed E-state index contributed by atoms with van der Waals surface area (Å²) in [5.41, 5.74) is 0. The summed E-state index contributed by atoms with van der Waals surface area (Å²) in [6.07, 6.45) is 1.25. The largest absolute Gasteiger partial charge is 0.385 e. The van der Waals surface area contributed by atoms with E-state index in [1.807, 2.05) is 6.92 Å². The predicted molar refractivity (Wildman–Crippen MR) is 54.0 cm³/mol. The second-order valence-corrected chi connectivity index (χ2v) is 3.02. The standard InChI is InChI=1S/C4H10.C3H8O.C3H8/c1-4(2)3;1-3-4-2;1-3-2/h4H,1-3H3;3H2,1-2H3;3H2,1-2H3. The van der Waals surface area contributed by atoms with Crippen molar-refractivity contribution < 1.29 is 4.74 Å². The first-order chi connectivity index (χ1) is 5.06. The molecule has 0 rings (SSSR count). The Labute approximate surface area is 73.1 Å². The van der Waals surface area contributed by atoms with Gasteiger partial charge < -0.3 is 4.74 Å². The van der Waals surface area contributed by atoms with Crippen molar-refractivity contribution in [3.8, 4) is 0 Å². The average molecular weight is 162 g/mol. The Bertz CT molecular complexity index is 29.1. The number of ether oxygens (including phenoxy) is 1. The van der Waals surface area contributed by atoms with E-state index in [0.717, 1.165) is 12.5 Å². The van der Waals surface area contributed by atoms with Gasteiger partial charge in [0.1, 0.15) is 0 Å². The van der Waals surface area contributed by atoms with Gasteiger partial charge in [-0.3, -0.25) is 0 Å². The maximum atomic E-state index is 4.54. The quantitative estimate of drug-likeness (QED) is 0.571. The second-order valence-electron chi connectivity index (χ2n) is 3.02. The minimum atomic E-state index is 0.819. The molecule has 0 unspecified atom stereocenters. The van der Waals surface area contributed by atoms with Crippen LogP contribution in [0.1, 0.15) is 48.0 Å². The fraction of sp³-hybridized carbons (Fsp3) is 1.00. The SMILES string of the molecule is CC(C)C.CCC.CCOC. The van der Waals surface area contributed by atoms with Gasteiger partial charge in [0.25, 0.3) is 0 Å². The first-order valence-corrected chi connectivity index (χ1v) is 4.55. The Morgan fingerprint density at radius 2 is 1.09 bits per heavy atom. The Morgan fingerprint density at radius 3 is 1.09 bits per heavy atom. The summed E-state index contributed by atoms with van der Waals surface area (Å²) in [4.78, 5) is 0. The fourth-order valence-corrected chi connectivity index (χ4v) is 0. The molecule has 0 atom stereocenters. The molecule has 0 aliphatic carbocycles.